The maximum absolute atomic E-state index is 11.7. The predicted octanol–water partition coefficient (Wildman–Crippen LogP) is 2.98. The Balaban J connectivity index is 1.54. The van der Waals surface area contributed by atoms with Crippen molar-refractivity contribution in [3.05, 3.63) is 53.3 Å². The lowest BCUT2D eigenvalue weighted by atomic mass is 10.2. The van der Waals surface area contributed by atoms with Gasteiger partial charge in [0.15, 0.2) is 0 Å². The fourth-order valence-corrected chi connectivity index (χ4v) is 2.74. The first-order valence-electron chi connectivity index (χ1n) is 6.80. The lowest BCUT2D eigenvalue weighted by molar-refractivity contribution is -0.118. The van der Waals surface area contributed by atoms with Crippen LogP contribution in [0.4, 0.5) is 0 Å². The number of amides is 1. The van der Waals surface area contributed by atoms with E-state index in [1.807, 2.05) is 41.2 Å². The molecule has 0 aliphatic carbocycles. The molecule has 0 radical (unpaired) electrons. The second-order valence-electron chi connectivity index (χ2n) is 4.59. The molecule has 4 nitrogen and oxygen atoms in total. The molecular formula is C15H18ClN3OS. The number of nitrogens with one attached hydrogen (secondary N) is 1. The van der Waals surface area contributed by atoms with Crippen LogP contribution in [-0.2, 0) is 17.1 Å². The molecular weight excluding hydrogens is 306 g/mol. The van der Waals surface area contributed by atoms with Crippen molar-refractivity contribution in [1.29, 1.82) is 0 Å². The number of nitrogens with zero attached hydrogens (tertiary/aromatic N) is 2. The van der Waals surface area contributed by atoms with Crippen molar-refractivity contribution in [2.24, 2.45) is 0 Å². The zero-order valence-corrected chi connectivity index (χ0v) is 13.2. The Morgan fingerprint density at radius 3 is 2.86 bits per heavy atom. The number of rotatable bonds is 8. The lowest BCUT2D eigenvalue weighted by Crippen LogP contribution is -2.27. The Morgan fingerprint density at radius 1 is 1.33 bits per heavy atom. The van der Waals surface area contributed by atoms with Crippen LogP contribution in [0.5, 0.6) is 0 Å². The lowest BCUT2D eigenvalue weighted by Gasteiger charge is -2.06. The Morgan fingerprint density at radius 2 is 2.14 bits per heavy atom. The van der Waals surface area contributed by atoms with Crippen LogP contribution in [-0.4, -0.2) is 28.0 Å². The highest BCUT2D eigenvalue weighted by Gasteiger charge is 2.02. The van der Waals surface area contributed by atoms with Crippen LogP contribution in [0.15, 0.2) is 42.7 Å². The molecule has 2 rings (SSSR count). The van der Waals surface area contributed by atoms with Gasteiger partial charge >= 0.3 is 0 Å². The van der Waals surface area contributed by atoms with Crippen molar-refractivity contribution >= 4 is 29.3 Å². The molecule has 1 N–H and O–H groups in total. The first kappa shape index (κ1) is 15.9. The third-order valence-electron chi connectivity index (χ3n) is 2.86. The summed E-state index contributed by atoms with van der Waals surface area (Å²) in [4.78, 5) is 11.7. The minimum atomic E-state index is 0.0782. The van der Waals surface area contributed by atoms with Gasteiger partial charge in [-0.25, -0.2) is 0 Å². The molecule has 1 heterocycles. The van der Waals surface area contributed by atoms with Crippen molar-refractivity contribution in [3.63, 3.8) is 0 Å². The summed E-state index contributed by atoms with van der Waals surface area (Å²) in [5.74, 6) is 1.37. The van der Waals surface area contributed by atoms with Gasteiger partial charge in [0.05, 0.1) is 5.75 Å². The van der Waals surface area contributed by atoms with Gasteiger partial charge in [-0.3, -0.25) is 9.48 Å². The monoisotopic (exact) mass is 323 g/mol. The molecule has 2 aromatic rings. The number of aryl methyl sites for hydroxylation is 1. The number of hydrogen-bond donors (Lipinski definition) is 1. The third kappa shape index (κ3) is 6.23. The van der Waals surface area contributed by atoms with Crippen LogP contribution in [0, 0.1) is 0 Å². The molecule has 0 saturated carbocycles. The molecule has 0 aliphatic rings. The largest absolute Gasteiger partial charge is 0.355 e. The maximum Gasteiger partial charge on any atom is 0.230 e. The number of aromatic nitrogens is 2. The Bertz CT molecular complexity index is 543. The molecule has 0 unspecified atom stereocenters. The highest BCUT2D eigenvalue weighted by Crippen LogP contribution is 2.15. The Labute approximate surface area is 133 Å². The van der Waals surface area contributed by atoms with Gasteiger partial charge < -0.3 is 5.32 Å². The van der Waals surface area contributed by atoms with Crippen molar-refractivity contribution in [3.8, 4) is 0 Å². The number of thioether (sulfide) groups is 1. The van der Waals surface area contributed by atoms with E-state index < -0.39 is 0 Å². The summed E-state index contributed by atoms with van der Waals surface area (Å²) < 4.78 is 1.86. The molecule has 1 amide bonds. The van der Waals surface area contributed by atoms with Gasteiger partial charge in [0.2, 0.25) is 5.91 Å². The molecule has 112 valence electrons. The van der Waals surface area contributed by atoms with Gasteiger partial charge in [0.25, 0.3) is 0 Å². The van der Waals surface area contributed by atoms with Gasteiger partial charge in [-0.1, -0.05) is 23.7 Å². The van der Waals surface area contributed by atoms with E-state index in [0.717, 1.165) is 23.7 Å². The SMILES string of the molecule is O=C(CSCc1ccc(Cl)cc1)NCCCn1cccn1. The van der Waals surface area contributed by atoms with Crippen LogP contribution in [0.1, 0.15) is 12.0 Å². The molecule has 0 spiro atoms. The minimum Gasteiger partial charge on any atom is -0.355 e. The number of benzene rings is 1. The Hall–Kier alpha value is -1.46. The quantitative estimate of drug-likeness (QED) is 0.760. The van der Waals surface area contributed by atoms with Crippen molar-refractivity contribution in [1.82, 2.24) is 15.1 Å². The van der Waals surface area contributed by atoms with Gasteiger partial charge in [0.1, 0.15) is 0 Å². The summed E-state index contributed by atoms with van der Waals surface area (Å²) >= 11 is 7.43. The van der Waals surface area contributed by atoms with Crippen LogP contribution in [0.2, 0.25) is 5.02 Å². The fourth-order valence-electron chi connectivity index (χ4n) is 1.79. The van der Waals surface area contributed by atoms with Gasteiger partial charge in [-0.05, 0) is 30.2 Å². The average Bonchev–Trinajstić information content (AvgIpc) is 2.99. The predicted molar refractivity (Wildman–Crippen MR) is 87.5 cm³/mol. The molecule has 21 heavy (non-hydrogen) atoms. The standard InChI is InChI=1S/C15H18ClN3OS/c16-14-5-3-13(4-6-14)11-21-12-15(20)17-7-1-9-19-10-2-8-18-19/h2-6,8,10H,1,7,9,11-12H2,(H,17,20). The summed E-state index contributed by atoms with van der Waals surface area (Å²) in [5.41, 5.74) is 1.18. The molecule has 0 bridgehead atoms. The summed E-state index contributed by atoms with van der Waals surface area (Å²) in [6, 6.07) is 9.60. The van der Waals surface area contributed by atoms with Crippen molar-refractivity contribution in [2.75, 3.05) is 12.3 Å². The molecule has 6 heteroatoms. The fraction of sp³-hybridized carbons (Fsp3) is 0.333. The van der Waals surface area contributed by atoms with Crippen LogP contribution in [0.25, 0.3) is 0 Å². The maximum atomic E-state index is 11.7. The first-order chi connectivity index (χ1) is 10.2. The number of carbonyl (C=O) groups excluding carboxylic acids is 1. The zero-order valence-electron chi connectivity index (χ0n) is 11.7. The number of carbonyl (C=O) groups is 1. The normalized spacial score (nSPS) is 10.5. The van der Waals surface area contributed by atoms with E-state index in [1.165, 1.54) is 5.56 Å². The number of hydrogen-bond acceptors (Lipinski definition) is 3. The van der Waals surface area contributed by atoms with E-state index in [4.69, 9.17) is 11.6 Å². The van der Waals surface area contributed by atoms with Gasteiger partial charge in [-0.15, -0.1) is 11.8 Å². The zero-order chi connectivity index (χ0) is 14.9. The van der Waals surface area contributed by atoms with Crippen LogP contribution < -0.4 is 5.32 Å². The summed E-state index contributed by atoms with van der Waals surface area (Å²) in [7, 11) is 0. The van der Waals surface area contributed by atoms with Crippen LogP contribution >= 0.6 is 23.4 Å². The van der Waals surface area contributed by atoms with E-state index in [9.17, 15) is 4.79 Å². The topological polar surface area (TPSA) is 46.9 Å². The van der Waals surface area contributed by atoms with E-state index in [0.29, 0.717) is 12.3 Å². The first-order valence-corrected chi connectivity index (χ1v) is 8.33. The molecule has 1 aromatic carbocycles. The molecule has 1 aromatic heterocycles. The smallest absolute Gasteiger partial charge is 0.230 e. The van der Waals surface area contributed by atoms with E-state index in [1.54, 1.807) is 18.0 Å². The summed E-state index contributed by atoms with van der Waals surface area (Å²) in [6.45, 7) is 1.51. The van der Waals surface area contributed by atoms with E-state index in [2.05, 4.69) is 10.4 Å². The van der Waals surface area contributed by atoms with Crippen molar-refractivity contribution < 1.29 is 4.79 Å². The average molecular weight is 324 g/mol. The Kier molecular flexibility index (Phi) is 6.63. The van der Waals surface area contributed by atoms with Crippen LogP contribution in [0.3, 0.4) is 0 Å². The van der Waals surface area contributed by atoms with Crippen molar-refractivity contribution in [2.45, 2.75) is 18.7 Å². The summed E-state index contributed by atoms with van der Waals surface area (Å²) in [5, 5.41) is 7.77. The molecule has 0 saturated heterocycles. The minimum absolute atomic E-state index is 0.0782. The van der Waals surface area contributed by atoms with E-state index >= 15 is 0 Å². The highest BCUT2D eigenvalue weighted by molar-refractivity contribution is 7.99. The third-order valence-corrected chi connectivity index (χ3v) is 4.12. The summed E-state index contributed by atoms with van der Waals surface area (Å²) in [6.07, 6.45) is 4.56. The second kappa shape index (κ2) is 8.74. The van der Waals surface area contributed by atoms with Gasteiger partial charge in [-0.2, -0.15) is 5.10 Å². The molecule has 0 atom stereocenters. The van der Waals surface area contributed by atoms with Gasteiger partial charge in [0, 0.05) is 36.3 Å². The second-order valence-corrected chi connectivity index (χ2v) is 6.01. The molecule has 0 aliphatic heterocycles. The molecule has 0 fully saturated rings. The highest BCUT2D eigenvalue weighted by atomic mass is 35.5. The van der Waals surface area contributed by atoms with E-state index in [-0.39, 0.29) is 5.91 Å². The number of halogens is 1.